The molecule has 36 heavy (non-hydrogen) atoms. The van der Waals surface area contributed by atoms with Crippen molar-refractivity contribution in [2.45, 2.75) is 42.7 Å². The fourth-order valence-electron chi connectivity index (χ4n) is 4.72. The molecule has 2 aromatic rings. The molecule has 7 atom stereocenters. The third-order valence-electron chi connectivity index (χ3n) is 6.40. The van der Waals surface area contributed by atoms with E-state index in [-0.39, 0.29) is 24.3 Å². The summed E-state index contributed by atoms with van der Waals surface area (Å²) in [6.07, 6.45) is 5.43. The van der Waals surface area contributed by atoms with Crippen molar-refractivity contribution >= 4 is 42.5 Å². The van der Waals surface area contributed by atoms with Gasteiger partial charge in [-0.15, -0.1) is 0 Å². The van der Waals surface area contributed by atoms with E-state index in [1.165, 1.54) is 31.3 Å². The highest BCUT2D eigenvalue weighted by Crippen LogP contribution is 2.53. The molecule has 0 aromatic carbocycles. The summed E-state index contributed by atoms with van der Waals surface area (Å²) < 4.78 is 40.8. The van der Waals surface area contributed by atoms with E-state index < -0.39 is 38.5 Å². The zero-order chi connectivity index (χ0) is 25.2. The first-order chi connectivity index (χ1) is 17.2. The molecule has 6 rings (SSSR count). The second-order valence-corrected chi connectivity index (χ2v) is 11.1. The molecule has 7 unspecified atom stereocenters. The van der Waals surface area contributed by atoms with E-state index >= 15 is 0 Å². The number of carbonyl (C=O) groups excluding carboxylic acids is 1. The van der Waals surface area contributed by atoms with Crippen LogP contribution < -0.4 is 5.73 Å². The Labute approximate surface area is 208 Å². The van der Waals surface area contributed by atoms with Crippen LogP contribution in [0.2, 0.25) is 0 Å². The third kappa shape index (κ3) is 4.08. The van der Waals surface area contributed by atoms with Gasteiger partial charge in [0.2, 0.25) is 0 Å². The monoisotopic (exact) mass is 535 g/mol. The van der Waals surface area contributed by atoms with E-state index in [1.54, 1.807) is 4.57 Å². The first kappa shape index (κ1) is 23.8. The Morgan fingerprint density at radius 3 is 3.00 bits per heavy atom. The molecule has 190 valence electrons. The van der Waals surface area contributed by atoms with Crippen molar-refractivity contribution in [2.24, 2.45) is 5.92 Å². The van der Waals surface area contributed by atoms with E-state index in [2.05, 4.69) is 15.0 Å². The first-order valence-corrected chi connectivity index (χ1v) is 13.3. The van der Waals surface area contributed by atoms with Gasteiger partial charge in [0.1, 0.15) is 29.9 Å². The summed E-state index contributed by atoms with van der Waals surface area (Å²) >= 11 is 1.27. The standard InChI is InChI=1S/C21H22N5O8PS/c1-9-5-14(27)32-12-6-10(3-4-11(9)12)36-21-24-18(22)15-19(25-21)26(8-23-15)20-17(30-2)16-13(33-20)7-31-35(28,29)34-16/h3-6,8,11-13,16-17,20H,7H2,1-2H3,(H,28,29)(H2,22,24,25). The van der Waals surface area contributed by atoms with E-state index in [4.69, 9.17) is 29.0 Å². The molecule has 2 aromatic heterocycles. The fourth-order valence-corrected chi connectivity index (χ4v) is 6.51. The number of thioether (sulfide) groups is 1. The van der Waals surface area contributed by atoms with Gasteiger partial charge in [0.25, 0.3) is 0 Å². The predicted molar refractivity (Wildman–Crippen MR) is 125 cm³/mol. The molecule has 0 spiro atoms. The largest absolute Gasteiger partial charge is 0.472 e. The predicted octanol–water partition coefficient (Wildman–Crippen LogP) is 1.87. The number of nitrogens with zero attached hydrogens (tertiary/aromatic N) is 4. The molecule has 3 N–H and O–H groups in total. The molecule has 1 aliphatic carbocycles. The molecule has 0 saturated carbocycles. The van der Waals surface area contributed by atoms with Crippen molar-refractivity contribution in [3.8, 4) is 0 Å². The Bertz CT molecular complexity index is 1390. The van der Waals surface area contributed by atoms with Crippen LogP contribution in [-0.2, 0) is 32.6 Å². The number of methoxy groups -OCH3 is 1. The van der Waals surface area contributed by atoms with Gasteiger partial charge in [-0.2, -0.15) is 0 Å². The summed E-state index contributed by atoms with van der Waals surface area (Å²) in [5, 5.41) is 0.356. The minimum absolute atomic E-state index is 0.00333. The van der Waals surface area contributed by atoms with Gasteiger partial charge in [-0.1, -0.05) is 17.7 Å². The van der Waals surface area contributed by atoms with Gasteiger partial charge >= 0.3 is 13.8 Å². The van der Waals surface area contributed by atoms with Gasteiger partial charge in [-0.25, -0.2) is 24.3 Å². The van der Waals surface area contributed by atoms with Crippen LogP contribution in [0.5, 0.6) is 0 Å². The van der Waals surface area contributed by atoms with Crippen molar-refractivity contribution in [1.29, 1.82) is 0 Å². The molecule has 13 nitrogen and oxygen atoms in total. The summed E-state index contributed by atoms with van der Waals surface area (Å²) in [4.78, 5) is 35.7. The van der Waals surface area contributed by atoms with Gasteiger partial charge in [-0.05, 0) is 24.8 Å². The van der Waals surface area contributed by atoms with Gasteiger partial charge < -0.3 is 24.8 Å². The van der Waals surface area contributed by atoms with E-state index in [1.807, 2.05) is 25.2 Å². The molecule has 15 heteroatoms. The Balaban J connectivity index is 1.30. The van der Waals surface area contributed by atoms with Crippen molar-refractivity contribution in [1.82, 2.24) is 19.5 Å². The van der Waals surface area contributed by atoms with Crippen LogP contribution in [0.25, 0.3) is 11.2 Å². The normalized spacial score (nSPS) is 35.7. The average Bonchev–Trinajstić information content (AvgIpc) is 3.39. The van der Waals surface area contributed by atoms with Crippen LogP contribution in [-0.4, -0.2) is 68.5 Å². The zero-order valence-electron chi connectivity index (χ0n) is 19.1. The lowest BCUT2D eigenvalue weighted by Gasteiger charge is -2.29. The van der Waals surface area contributed by atoms with E-state index in [9.17, 15) is 14.3 Å². The minimum atomic E-state index is -4.19. The van der Waals surface area contributed by atoms with Crippen LogP contribution in [0.15, 0.2) is 46.3 Å². The Hall–Kier alpha value is -2.58. The number of phosphoric acid groups is 1. The zero-order valence-corrected chi connectivity index (χ0v) is 20.8. The number of nitrogens with two attached hydrogens (primary N) is 1. The number of allylic oxidation sites excluding steroid dienone is 1. The fraction of sp³-hybridized carbons (Fsp3) is 0.429. The average molecular weight is 535 g/mol. The number of anilines is 1. The summed E-state index contributed by atoms with van der Waals surface area (Å²) in [5.41, 5.74) is 7.90. The Morgan fingerprint density at radius 1 is 1.36 bits per heavy atom. The minimum Gasteiger partial charge on any atom is -0.454 e. The molecule has 0 amide bonds. The smallest absolute Gasteiger partial charge is 0.454 e. The Kier molecular flexibility index (Phi) is 5.80. The van der Waals surface area contributed by atoms with E-state index in [0.29, 0.717) is 16.3 Å². The van der Waals surface area contributed by atoms with Crippen LogP contribution >= 0.6 is 19.6 Å². The first-order valence-electron chi connectivity index (χ1n) is 11.0. The number of hydrogen-bond acceptors (Lipinski definition) is 12. The molecule has 2 fully saturated rings. The quantitative estimate of drug-likeness (QED) is 0.331. The summed E-state index contributed by atoms with van der Waals surface area (Å²) in [6, 6.07) is 0. The number of fused-ring (bicyclic) bond motifs is 3. The SMILES string of the molecule is COC1C2OP(=O)(O)OCC2OC1n1cnc2c(N)nc(SC3=CC4OC(=O)C=C(C)C4C=C3)nc21. The van der Waals surface area contributed by atoms with Crippen molar-refractivity contribution in [2.75, 3.05) is 19.5 Å². The van der Waals surface area contributed by atoms with Gasteiger partial charge in [0.15, 0.2) is 22.8 Å². The summed E-state index contributed by atoms with van der Waals surface area (Å²) in [7, 11) is -2.74. The number of imidazole rings is 1. The van der Waals surface area contributed by atoms with E-state index in [0.717, 1.165) is 10.5 Å². The third-order valence-corrected chi connectivity index (χ3v) is 8.26. The number of phosphoric ester groups is 1. The molecule has 0 radical (unpaired) electrons. The molecular weight excluding hydrogens is 513 g/mol. The van der Waals surface area contributed by atoms with Crippen LogP contribution in [0.1, 0.15) is 13.2 Å². The number of ether oxygens (including phenoxy) is 3. The summed E-state index contributed by atoms with van der Waals surface area (Å²) in [6.45, 7) is 1.78. The Morgan fingerprint density at radius 2 is 2.19 bits per heavy atom. The summed E-state index contributed by atoms with van der Waals surface area (Å²) in [5.74, 6) is -0.199. The maximum absolute atomic E-state index is 11.9. The second kappa shape index (κ2) is 8.77. The van der Waals surface area contributed by atoms with Crippen molar-refractivity contribution < 1.29 is 37.5 Å². The van der Waals surface area contributed by atoms with Gasteiger partial charge in [0.05, 0.1) is 12.9 Å². The van der Waals surface area contributed by atoms with Crippen LogP contribution in [0.4, 0.5) is 5.82 Å². The maximum Gasteiger partial charge on any atom is 0.472 e. The number of rotatable bonds is 4. The maximum atomic E-state index is 11.9. The van der Waals surface area contributed by atoms with Crippen molar-refractivity contribution in [3.63, 3.8) is 0 Å². The number of esters is 1. The molecule has 2 saturated heterocycles. The lowest BCUT2D eigenvalue weighted by atomic mass is 9.89. The van der Waals surface area contributed by atoms with Crippen LogP contribution in [0, 0.1) is 5.92 Å². The number of hydrogen-bond donors (Lipinski definition) is 2. The molecule has 0 bridgehead atoms. The number of nitrogen functional groups attached to an aromatic ring is 1. The lowest BCUT2D eigenvalue weighted by molar-refractivity contribution is -0.143. The van der Waals surface area contributed by atoms with Crippen LogP contribution in [0.3, 0.4) is 0 Å². The molecular formula is C21H22N5O8PS. The van der Waals surface area contributed by atoms with Gasteiger partial charge in [0, 0.05) is 24.0 Å². The number of aromatic nitrogens is 4. The molecule has 3 aliphatic heterocycles. The highest BCUT2D eigenvalue weighted by molar-refractivity contribution is 8.03. The van der Waals surface area contributed by atoms with Gasteiger partial charge in [-0.3, -0.25) is 13.6 Å². The number of carbonyl (C=O) groups is 1. The topological polar surface area (TPSA) is 170 Å². The lowest BCUT2D eigenvalue weighted by Crippen LogP contribution is -2.40. The highest BCUT2D eigenvalue weighted by atomic mass is 32.2. The molecule has 4 aliphatic rings. The van der Waals surface area contributed by atoms with Crippen molar-refractivity contribution in [3.05, 3.63) is 41.1 Å². The second-order valence-electron chi connectivity index (χ2n) is 8.66. The highest BCUT2D eigenvalue weighted by Gasteiger charge is 2.53. The molecule has 5 heterocycles.